The Morgan fingerprint density at radius 3 is 2.33 bits per heavy atom. The Morgan fingerprint density at radius 1 is 1.00 bits per heavy atom. The highest BCUT2D eigenvalue weighted by atomic mass is 32.2. The van der Waals surface area contributed by atoms with Crippen LogP contribution in [0.4, 0.5) is 10.5 Å². The summed E-state index contributed by atoms with van der Waals surface area (Å²) >= 11 is 0. The highest BCUT2D eigenvalue weighted by Gasteiger charge is 2.22. The van der Waals surface area contributed by atoms with Crippen molar-refractivity contribution in [2.24, 2.45) is 0 Å². The Kier molecular flexibility index (Phi) is 7.63. The van der Waals surface area contributed by atoms with Gasteiger partial charge in [0.15, 0.2) is 0 Å². The predicted molar refractivity (Wildman–Crippen MR) is 150 cm³/mol. The molecule has 0 fully saturated rings. The summed E-state index contributed by atoms with van der Waals surface area (Å²) in [5.41, 5.74) is 3.96. The molecule has 1 unspecified atom stereocenters. The minimum Gasteiger partial charge on any atom is -0.486 e. The summed E-state index contributed by atoms with van der Waals surface area (Å²) in [5.74, 6) is 0.471. The molecule has 0 radical (unpaired) electrons. The second-order valence-electron chi connectivity index (χ2n) is 10.3. The quantitative estimate of drug-likeness (QED) is 0.276. The van der Waals surface area contributed by atoms with Crippen LogP contribution >= 0.6 is 0 Å². The van der Waals surface area contributed by atoms with Crippen molar-refractivity contribution >= 4 is 32.9 Å². The highest BCUT2D eigenvalue weighted by molar-refractivity contribution is 7.85. The van der Waals surface area contributed by atoms with E-state index in [1.165, 1.54) is 11.0 Å². The topological polar surface area (TPSA) is 119 Å². The van der Waals surface area contributed by atoms with E-state index in [1.807, 2.05) is 39.8 Å². The maximum Gasteiger partial charge on any atom is 0.414 e. The first-order valence-electron chi connectivity index (χ1n) is 12.3. The lowest BCUT2D eigenvalue weighted by Gasteiger charge is -2.24. The molecule has 1 heterocycles. The fraction of sp³-hybridized carbons (Fsp3) is 0.276. The average molecular weight is 550 g/mol. The summed E-state index contributed by atoms with van der Waals surface area (Å²) in [7, 11) is -2.76. The normalized spacial score (nSPS) is 12.7. The molecular formula is C29H31N3O6S. The van der Waals surface area contributed by atoms with Crippen molar-refractivity contribution < 1.29 is 27.2 Å². The van der Waals surface area contributed by atoms with E-state index in [-0.39, 0.29) is 4.90 Å². The largest absolute Gasteiger partial charge is 0.486 e. The van der Waals surface area contributed by atoms with Crippen molar-refractivity contribution in [1.82, 2.24) is 9.97 Å². The SMILES string of the molecule is Cc1ccc(S(=O)(=O)O)c(C(C)Oc2ccc3ncc(-c4ccc(N(C)C(=O)OC(C)(C)C)cc4)nc3c2)c1. The zero-order chi connectivity index (χ0) is 28.5. The van der Waals surface area contributed by atoms with Gasteiger partial charge in [-0.1, -0.05) is 29.8 Å². The van der Waals surface area contributed by atoms with Gasteiger partial charge in [-0.15, -0.1) is 0 Å². The minimum absolute atomic E-state index is 0.191. The molecule has 9 nitrogen and oxygen atoms in total. The van der Waals surface area contributed by atoms with Crippen LogP contribution in [0.2, 0.25) is 0 Å². The van der Waals surface area contributed by atoms with Crippen LogP contribution in [-0.2, 0) is 14.9 Å². The number of ether oxygens (including phenoxy) is 2. The molecule has 4 rings (SSSR count). The number of carbonyl (C=O) groups is 1. The lowest BCUT2D eigenvalue weighted by atomic mass is 10.1. The average Bonchev–Trinajstić information content (AvgIpc) is 2.86. The molecule has 4 aromatic rings. The van der Waals surface area contributed by atoms with E-state index in [4.69, 9.17) is 14.5 Å². The number of aryl methyl sites for hydroxylation is 1. The monoisotopic (exact) mass is 549 g/mol. The zero-order valence-electron chi connectivity index (χ0n) is 22.7. The number of benzene rings is 3. The number of aromatic nitrogens is 2. The molecule has 10 heteroatoms. The Morgan fingerprint density at radius 2 is 1.69 bits per heavy atom. The van der Waals surface area contributed by atoms with Crippen molar-refractivity contribution in [2.75, 3.05) is 11.9 Å². The predicted octanol–water partition coefficient (Wildman–Crippen LogP) is 6.36. The fourth-order valence-electron chi connectivity index (χ4n) is 3.98. The number of nitrogens with zero attached hydrogens (tertiary/aromatic N) is 3. The Hall–Kier alpha value is -4.02. The van der Waals surface area contributed by atoms with Gasteiger partial charge in [0.25, 0.3) is 10.1 Å². The first-order chi connectivity index (χ1) is 18.2. The van der Waals surface area contributed by atoms with Gasteiger partial charge >= 0.3 is 6.09 Å². The second-order valence-corrected chi connectivity index (χ2v) is 11.7. The van der Waals surface area contributed by atoms with Gasteiger partial charge in [-0.05, 0) is 65.0 Å². The van der Waals surface area contributed by atoms with Gasteiger partial charge in [-0.25, -0.2) is 9.78 Å². The number of anilines is 1. The third kappa shape index (κ3) is 6.71. The Balaban J connectivity index is 1.57. The summed E-state index contributed by atoms with van der Waals surface area (Å²) in [6.45, 7) is 9.00. The molecule has 1 N–H and O–H groups in total. The van der Waals surface area contributed by atoms with Crippen LogP contribution in [0.1, 0.15) is 44.9 Å². The van der Waals surface area contributed by atoms with E-state index >= 15 is 0 Å². The van der Waals surface area contributed by atoms with Crippen molar-refractivity contribution in [3.05, 3.63) is 78.0 Å². The molecule has 0 saturated heterocycles. The fourth-order valence-corrected chi connectivity index (χ4v) is 4.75. The third-order valence-corrected chi connectivity index (χ3v) is 6.85. The standard InChI is InChI=1S/C29H31N3O6S/c1-18-7-14-27(39(34,35)36)23(15-18)19(2)37-22-12-13-24-25(16-22)31-26(17-30-24)20-8-10-21(11-9-20)32(6)28(33)38-29(3,4)5/h7-17,19H,1-6H3,(H,34,35,36). The van der Waals surface area contributed by atoms with E-state index in [0.717, 1.165) is 11.1 Å². The first-order valence-corrected chi connectivity index (χ1v) is 13.7. The minimum atomic E-state index is -4.41. The number of hydrogen-bond donors (Lipinski definition) is 1. The number of rotatable bonds is 6. The zero-order valence-corrected chi connectivity index (χ0v) is 23.5. The van der Waals surface area contributed by atoms with Gasteiger partial charge < -0.3 is 9.47 Å². The molecule has 0 saturated carbocycles. The van der Waals surface area contributed by atoms with Gasteiger partial charge in [0, 0.05) is 29.9 Å². The molecule has 1 atom stereocenters. The van der Waals surface area contributed by atoms with Crippen LogP contribution < -0.4 is 9.64 Å². The van der Waals surface area contributed by atoms with Crippen molar-refractivity contribution in [3.63, 3.8) is 0 Å². The van der Waals surface area contributed by atoms with Crippen molar-refractivity contribution in [2.45, 2.75) is 51.2 Å². The molecule has 204 valence electrons. The van der Waals surface area contributed by atoms with Gasteiger partial charge in [-0.3, -0.25) is 14.4 Å². The number of fused-ring (bicyclic) bond motifs is 1. The molecule has 0 spiro atoms. The number of carbonyl (C=O) groups excluding carboxylic acids is 1. The smallest absolute Gasteiger partial charge is 0.414 e. The maximum atomic E-state index is 12.4. The molecule has 0 bridgehead atoms. The van der Waals surface area contributed by atoms with E-state index in [2.05, 4.69) is 4.98 Å². The summed E-state index contributed by atoms with van der Waals surface area (Å²) in [4.78, 5) is 22.9. The van der Waals surface area contributed by atoms with Crippen LogP contribution in [-0.4, -0.2) is 41.7 Å². The van der Waals surface area contributed by atoms with Crippen LogP contribution in [0.3, 0.4) is 0 Å². The van der Waals surface area contributed by atoms with Gasteiger partial charge in [-0.2, -0.15) is 8.42 Å². The molecule has 1 aromatic heterocycles. The number of amides is 1. The molecule has 39 heavy (non-hydrogen) atoms. The Labute approximate surface area is 228 Å². The molecular weight excluding hydrogens is 518 g/mol. The van der Waals surface area contributed by atoms with Crippen molar-refractivity contribution in [3.8, 4) is 17.0 Å². The molecule has 0 aliphatic rings. The van der Waals surface area contributed by atoms with Crippen molar-refractivity contribution in [1.29, 1.82) is 0 Å². The summed E-state index contributed by atoms with van der Waals surface area (Å²) < 4.78 is 44.9. The first kappa shape index (κ1) is 28.0. The summed E-state index contributed by atoms with van der Waals surface area (Å²) in [6, 6.07) is 17.2. The van der Waals surface area contributed by atoms with Crippen LogP contribution in [0, 0.1) is 6.92 Å². The third-order valence-electron chi connectivity index (χ3n) is 5.93. The Bertz CT molecular complexity index is 1630. The van der Waals surface area contributed by atoms with Crippen LogP contribution in [0.5, 0.6) is 5.75 Å². The maximum absolute atomic E-state index is 12.4. The van der Waals surface area contributed by atoms with Gasteiger partial charge in [0.1, 0.15) is 22.4 Å². The molecule has 3 aromatic carbocycles. The summed E-state index contributed by atoms with van der Waals surface area (Å²) in [6.07, 6.45) is 0.560. The highest BCUT2D eigenvalue weighted by Crippen LogP contribution is 2.30. The lowest BCUT2D eigenvalue weighted by Crippen LogP contribution is -2.34. The van der Waals surface area contributed by atoms with Crippen LogP contribution in [0.25, 0.3) is 22.3 Å². The lowest BCUT2D eigenvalue weighted by molar-refractivity contribution is 0.0589. The van der Waals surface area contributed by atoms with E-state index in [1.54, 1.807) is 62.6 Å². The second kappa shape index (κ2) is 10.6. The molecule has 0 aliphatic carbocycles. The van der Waals surface area contributed by atoms with E-state index < -0.39 is 27.9 Å². The number of hydrogen-bond acceptors (Lipinski definition) is 7. The molecule has 1 amide bonds. The van der Waals surface area contributed by atoms with Gasteiger partial charge in [0.2, 0.25) is 0 Å². The summed E-state index contributed by atoms with van der Waals surface area (Å²) in [5, 5.41) is 0. The van der Waals surface area contributed by atoms with Gasteiger partial charge in [0.05, 0.1) is 22.9 Å². The van der Waals surface area contributed by atoms with E-state index in [9.17, 15) is 17.8 Å². The molecule has 0 aliphatic heterocycles. The van der Waals surface area contributed by atoms with E-state index in [0.29, 0.717) is 33.7 Å². The van der Waals surface area contributed by atoms with Crippen LogP contribution in [0.15, 0.2) is 71.8 Å².